The van der Waals surface area contributed by atoms with Crippen LogP contribution in [-0.4, -0.2) is 35.4 Å². The van der Waals surface area contributed by atoms with Gasteiger partial charge in [-0.2, -0.15) is 0 Å². The fourth-order valence-electron chi connectivity index (χ4n) is 3.16. The van der Waals surface area contributed by atoms with Crippen molar-refractivity contribution in [1.82, 2.24) is 4.98 Å². The largest absolute Gasteiger partial charge is 0.481 e. The van der Waals surface area contributed by atoms with Gasteiger partial charge < -0.3 is 19.0 Å². The molecular formula is C21H18ClNO6. The number of para-hydroxylation sites is 1. The van der Waals surface area contributed by atoms with Gasteiger partial charge in [0.1, 0.15) is 12.4 Å². The lowest BCUT2D eigenvalue weighted by Crippen LogP contribution is -2.37. The van der Waals surface area contributed by atoms with Crippen molar-refractivity contribution in [2.24, 2.45) is 5.92 Å². The van der Waals surface area contributed by atoms with Gasteiger partial charge in [-0.05, 0) is 31.0 Å². The molecule has 1 aliphatic carbocycles. The molecule has 0 radical (unpaired) electrons. The summed E-state index contributed by atoms with van der Waals surface area (Å²) >= 11 is 6.14. The maximum Gasteiger partial charge on any atom is 0.306 e. The van der Waals surface area contributed by atoms with Crippen LogP contribution in [0.1, 0.15) is 12.8 Å². The Hall–Kier alpha value is -2.90. The van der Waals surface area contributed by atoms with Gasteiger partial charge in [0.15, 0.2) is 11.0 Å². The minimum atomic E-state index is -0.769. The number of benzene rings is 1. The predicted octanol–water partition coefficient (Wildman–Crippen LogP) is 3.77. The molecular weight excluding hydrogens is 398 g/mol. The van der Waals surface area contributed by atoms with E-state index >= 15 is 0 Å². The normalized spacial score (nSPS) is 18.4. The summed E-state index contributed by atoms with van der Waals surface area (Å²) in [5, 5.41) is 9.63. The molecule has 0 unspecified atom stereocenters. The minimum absolute atomic E-state index is 0.0161. The van der Waals surface area contributed by atoms with Crippen LogP contribution in [0.3, 0.4) is 0 Å². The van der Waals surface area contributed by atoms with Crippen LogP contribution in [0.25, 0.3) is 22.3 Å². The summed E-state index contributed by atoms with van der Waals surface area (Å²) in [5.74, 6) is -0.276. The van der Waals surface area contributed by atoms with Crippen LogP contribution in [0.5, 0.6) is 5.88 Å². The number of aromatic nitrogens is 1. The summed E-state index contributed by atoms with van der Waals surface area (Å²) in [6, 6.07) is 9.86. The van der Waals surface area contributed by atoms with Crippen LogP contribution in [0.4, 0.5) is 0 Å². The Bertz CT molecular complexity index is 1090. The van der Waals surface area contributed by atoms with Gasteiger partial charge in [-0.15, -0.1) is 0 Å². The van der Waals surface area contributed by atoms with Crippen LogP contribution in [0.15, 0.2) is 51.8 Å². The fraction of sp³-hybridized carbons (Fsp3) is 0.286. The van der Waals surface area contributed by atoms with Gasteiger partial charge in [0.05, 0.1) is 29.0 Å². The SMILES string of the molecule is O=c1cc(-c2ccc(OCCO[C@H]3C[C@@H](C(=O)O)C3)nc2)oc2c(Cl)cccc12. The van der Waals surface area contributed by atoms with Crippen LogP contribution in [0, 0.1) is 5.92 Å². The monoisotopic (exact) mass is 415 g/mol. The molecule has 1 aromatic carbocycles. The summed E-state index contributed by atoms with van der Waals surface area (Å²) in [5.41, 5.74) is 0.791. The van der Waals surface area contributed by atoms with Gasteiger partial charge in [0.2, 0.25) is 5.88 Å². The maximum atomic E-state index is 12.3. The first-order valence-corrected chi connectivity index (χ1v) is 9.55. The zero-order valence-electron chi connectivity index (χ0n) is 15.3. The summed E-state index contributed by atoms with van der Waals surface area (Å²) < 4.78 is 16.9. The highest BCUT2D eigenvalue weighted by atomic mass is 35.5. The number of rotatable bonds is 7. The van der Waals surface area contributed by atoms with Gasteiger partial charge in [-0.1, -0.05) is 17.7 Å². The Labute approximate surface area is 170 Å². The molecule has 2 heterocycles. The molecule has 150 valence electrons. The van der Waals surface area contributed by atoms with Gasteiger partial charge >= 0.3 is 5.97 Å². The number of carbonyl (C=O) groups is 1. The molecule has 1 saturated carbocycles. The van der Waals surface area contributed by atoms with E-state index in [4.69, 9.17) is 30.6 Å². The van der Waals surface area contributed by atoms with Crippen molar-refractivity contribution >= 4 is 28.5 Å². The third-order valence-electron chi connectivity index (χ3n) is 4.86. The molecule has 7 nitrogen and oxygen atoms in total. The number of carboxylic acid groups (broad SMARTS) is 1. The van der Waals surface area contributed by atoms with Crippen molar-refractivity contribution in [1.29, 1.82) is 0 Å². The van der Waals surface area contributed by atoms with Gasteiger partial charge in [0.25, 0.3) is 0 Å². The summed E-state index contributed by atoms with van der Waals surface area (Å²) in [7, 11) is 0. The van der Waals surface area contributed by atoms with E-state index < -0.39 is 5.97 Å². The van der Waals surface area contributed by atoms with Crippen LogP contribution >= 0.6 is 11.6 Å². The lowest BCUT2D eigenvalue weighted by atomic mass is 9.82. The lowest BCUT2D eigenvalue weighted by Gasteiger charge is -2.31. The Morgan fingerprint density at radius 3 is 2.79 bits per heavy atom. The molecule has 1 aliphatic rings. The predicted molar refractivity (Wildman–Crippen MR) is 106 cm³/mol. The highest BCUT2D eigenvalue weighted by Crippen LogP contribution is 2.30. The summed E-state index contributed by atoms with van der Waals surface area (Å²) in [6.07, 6.45) is 2.63. The molecule has 0 bridgehead atoms. The van der Waals surface area contributed by atoms with Crippen LogP contribution in [0.2, 0.25) is 5.02 Å². The second-order valence-electron chi connectivity index (χ2n) is 6.82. The first-order valence-electron chi connectivity index (χ1n) is 9.17. The van der Waals surface area contributed by atoms with E-state index in [9.17, 15) is 9.59 Å². The molecule has 0 aliphatic heterocycles. The smallest absolute Gasteiger partial charge is 0.306 e. The van der Waals surface area contributed by atoms with Crippen molar-refractivity contribution in [2.45, 2.75) is 18.9 Å². The Balaban J connectivity index is 1.35. The van der Waals surface area contributed by atoms with Crippen molar-refractivity contribution in [3.8, 4) is 17.2 Å². The highest BCUT2D eigenvalue weighted by Gasteiger charge is 2.34. The second-order valence-corrected chi connectivity index (χ2v) is 7.23. The number of aliphatic carboxylic acids is 1. The zero-order valence-corrected chi connectivity index (χ0v) is 16.1. The van der Waals surface area contributed by atoms with E-state index in [0.717, 1.165) is 0 Å². The second kappa shape index (κ2) is 8.23. The number of hydrogen-bond acceptors (Lipinski definition) is 6. The topological polar surface area (TPSA) is 98.9 Å². The number of fused-ring (bicyclic) bond motifs is 1. The third kappa shape index (κ3) is 4.26. The fourth-order valence-corrected chi connectivity index (χ4v) is 3.37. The molecule has 0 saturated heterocycles. The summed E-state index contributed by atoms with van der Waals surface area (Å²) in [4.78, 5) is 27.3. The molecule has 2 aromatic heterocycles. The number of carboxylic acids is 1. The number of nitrogens with zero attached hydrogens (tertiary/aromatic N) is 1. The summed E-state index contributed by atoms with van der Waals surface area (Å²) in [6.45, 7) is 0.666. The number of hydrogen-bond donors (Lipinski definition) is 1. The van der Waals surface area contributed by atoms with Crippen LogP contribution < -0.4 is 10.2 Å². The van der Waals surface area contributed by atoms with E-state index in [2.05, 4.69) is 4.98 Å². The van der Waals surface area contributed by atoms with E-state index in [1.165, 1.54) is 6.07 Å². The Morgan fingerprint density at radius 1 is 1.24 bits per heavy atom. The van der Waals surface area contributed by atoms with Crippen LogP contribution in [-0.2, 0) is 9.53 Å². The molecule has 4 rings (SSSR count). The average Bonchev–Trinajstić information content (AvgIpc) is 2.67. The minimum Gasteiger partial charge on any atom is -0.481 e. The third-order valence-corrected chi connectivity index (χ3v) is 5.16. The van der Waals surface area contributed by atoms with Gasteiger partial charge in [-0.3, -0.25) is 9.59 Å². The molecule has 0 spiro atoms. The average molecular weight is 416 g/mol. The standard InChI is InChI=1S/C21H18ClNO6/c22-16-3-1-2-15-17(24)10-18(29-20(15)16)12-4-5-19(23-11-12)28-7-6-27-14-8-13(9-14)21(25)26/h1-5,10-11,13-14H,6-9H2,(H,25,26)/t13-,14+. The van der Waals surface area contributed by atoms with E-state index in [0.29, 0.717) is 59.3 Å². The molecule has 1 N–H and O–H groups in total. The molecule has 1 fully saturated rings. The van der Waals surface area contributed by atoms with Crippen molar-refractivity contribution in [2.75, 3.05) is 13.2 Å². The molecule has 8 heteroatoms. The number of pyridine rings is 1. The molecule has 29 heavy (non-hydrogen) atoms. The quantitative estimate of drug-likeness (QED) is 0.586. The number of halogens is 1. The van der Waals surface area contributed by atoms with Crippen molar-refractivity contribution < 1.29 is 23.8 Å². The van der Waals surface area contributed by atoms with E-state index in [1.54, 1.807) is 36.5 Å². The Kier molecular flexibility index (Phi) is 5.51. The highest BCUT2D eigenvalue weighted by molar-refractivity contribution is 6.34. The lowest BCUT2D eigenvalue weighted by molar-refractivity contribution is -0.151. The van der Waals surface area contributed by atoms with Gasteiger partial charge in [-0.25, -0.2) is 4.98 Å². The zero-order chi connectivity index (χ0) is 20.4. The van der Waals surface area contributed by atoms with Gasteiger partial charge in [0, 0.05) is 23.9 Å². The maximum absolute atomic E-state index is 12.3. The first-order chi connectivity index (χ1) is 14.0. The van der Waals surface area contributed by atoms with Crippen molar-refractivity contribution in [3.05, 3.63) is 57.8 Å². The molecule has 0 atom stereocenters. The molecule has 3 aromatic rings. The molecule has 0 amide bonds. The Morgan fingerprint density at radius 2 is 2.07 bits per heavy atom. The first kappa shape index (κ1) is 19.4. The number of ether oxygens (including phenoxy) is 2. The van der Waals surface area contributed by atoms with Crippen molar-refractivity contribution in [3.63, 3.8) is 0 Å². The van der Waals surface area contributed by atoms with E-state index in [-0.39, 0.29) is 17.5 Å². The van der Waals surface area contributed by atoms with E-state index in [1.807, 2.05) is 0 Å².